The highest BCUT2D eigenvalue weighted by Gasteiger charge is 2.20. The topological polar surface area (TPSA) is 38.6 Å². The van der Waals surface area contributed by atoms with Crippen LogP contribution in [0.5, 0.6) is 0 Å². The number of aryl methyl sites for hydroxylation is 1. The Morgan fingerprint density at radius 3 is 3.25 bits per heavy atom. The average Bonchev–Trinajstić information content (AvgIpc) is 2.75. The van der Waals surface area contributed by atoms with Crippen LogP contribution in [0, 0.1) is 6.92 Å². The molecule has 84 valence electrons. The van der Waals surface area contributed by atoms with Gasteiger partial charge < -0.3 is 10.1 Å². The van der Waals surface area contributed by atoms with Crippen molar-refractivity contribution in [1.29, 1.82) is 0 Å². The maximum Gasteiger partial charge on any atom is 0.144 e. The van der Waals surface area contributed by atoms with Gasteiger partial charge in [0, 0.05) is 18.8 Å². The van der Waals surface area contributed by atoms with Crippen LogP contribution in [0.25, 0.3) is 5.52 Å². The Balaban J connectivity index is 2.09. The Labute approximate surface area is 94.3 Å². The van der Waals surface area contributed by atoms with E-state index in [4.69, 9.17) is 4.74 Å². The summed E-state index contributed by atoms with van der Waals surface area (Å²) in [4.78, 5) is 4.48. The van der Waals surface area contributed by atoms with Crippen molar-refractivity contribution in [2.75, 3.05) is 19.7 Å². The fraction of sp³-hybridized carbons (Fsp3) is 0.417. The molecule has 1 N–H and O–H groups in total. The van der Waals surface area contributed by atoms with Crippen LogP contribution in [0.15, 0.2) is 24.4 Å². The van der Waals surface area contributed by atoms with Gasteiger partial charge in [-0.1, -0.05) is 6.07 Å². The molecule has 4 nitrogen and oxygen atoms in total. The molecule has 0 radical (unpaired) electrons. The third kappa shape index (κ3) is 1.50. The van der Waals surface area contributed by atoms with Gasteiger partial charge in [0.2, 0.25) is 0 Å². The van der Waals surface area contributed by atoms with E-state index in [0.717, 1.165) is 31.0 Å². The van der Waals surface area contributed by atoms with Gasteiger partial charge in [-0.3, -0.25) is 4.40 Å². The number of nitrogens with one attached hydrogen (secondary N) is 1. The number of pyridine rings is 1. The van der Waals surface area contributed by atoms with Crippen molar-refractivity contribution in [3.63, 3.8) is 0 Å². The molecule has 0 aromatic carbocycles. The normalized spacial score (nSPS) is 21.4. The molecular formula is C12H15N3O. The number of ether oxygens (including phenoxy) is 1. The number of hydrogen-bond donors (Lipinski definition) is 1. The Morgan fingerprint density at radius 2 is 2.44 bits per heavy atom. The number of morpholine rings is 1. The van der Waals surface area contributed by atoms with Crippen LogP contribution in [-0.4, -0.2) is 29.1 Å². The van der Waals surface area contributed by atoms with Crippen molar-refractivity contribution in [2.24, 2.45) is 0 Å². The zero-order valence-electron chi connectivity index (χ0n) is 9.31. The molecule has 2 aromatic rings. The van der Waals surface area contributed by atoms with E-state index in [1.807, 2.05) is 6.20 Å². The molecule has 1 fully saturated rings. The van der Waals surface area contributed by atoms with Crippen LogP contribution in [0.1, 0.15) is 17.6 Å². The first-order valence-corrected chi connectivity index (χ1v) is 5.61. The SMILES string of the molecule is Cc1cccc2cnc(C3CNCCO3)n12. The number of rotatable bonds is 1. The third-order valence-electron chi connectivity index (χ3n) is 2.99. The molecule has 4 heteroatoms. The highest BCUT2D eigenvalue weighted by Crippen LogP contribution is 2.20. The van der Waals surface area contributed by atoms with Crippen molar-refractivity contribution in [2.45, 2.75) is 13.0 Å². The molecule has 1 unspecified atom stereocenters. The second kappa shape index (κ2) is 3.88. The summed E-state index contributed by atoms with van der Waals surface area (Å²) < 4.78 is 7.90. The van der Waals surface area contributed by atoms with Crippen LogP contribution in [0.3, 0.4) is 0 Å². The molecule has 1 atom stereocenters. The molecule has 3 heterocycles. The summed E-state index contributed by atoms with van der Waals surface area (Å²) in [5, 5.41) is 3.33. The van der Waals surface area contributed by atoms with E-state index in [-0.39, 0.29) is 6.10 Å². The van der Waals surface area contributed by atoms with Gasteiger partial charge in [-0.25, -0.2) is 4.98 Å². The first-order chi connectivity index (χ1) is 7.86. The molecule has 1 aliphatic rings. The second-order valence-electron chi connectivity index (χ2n) is 4.11. The predicted molar refractivity (Wildman–Crippen MR) is 61.5 cm³/mol. The fourth-order valence-electron chi connectivity index (χ4n) is 2.20. The van der Waals surface area contributed by atoms with Crippen LogP contribution in [0.4, 0.5) is 0 Å². The maximum absolute atomic E-state index is 5.74. The van der Waals surface area contributed by atoms with Crippen LogP contribution in [-0.2, 0) is 4.74 Å². The van der Waals surface area contributed by atoms with Crippen molar-refractivity contribution in [1.82, 2.24) is 14.7 Å². The molecule has 0 amide bonds. The zero-order valence-corrected chi connectivity index (χ0v) is 9.31. The Morgan fingerprint density at radius 1 is 1.50 bits per heavy atom. The van der Waals surface area contributed by atoms with Gasteiger partial charge in [-0.15, -0.1) is 0 Å². The van der Waals surface area contributed by atoms with E-state index >= 15 is 0 Å². The van der Waals surface area contributed by atoms with Crippen molar-refractivity contribution < 1.29 is 4.74 Å². The molecule has 0 saturated carbocycles. The Kier molecular flexibility index (Phi) is 2.38. The third-order valence-corrected chi connectivity index (χ3v) is 2.99. The van der Waals surface area contributed by atoms with E-state index in [1.165, 1.54) is 5.69 Å². The summed E-state index contributed by atoms with van der Waals surface area (Å²) in [5.74, 6) is 1.00. The van der Waals surface area contributed by atoms with Gasteiger partial charge in [-0.05, 0) is 19.1 Å². The summed E-state index contributed by atoms with van der Waals surface area (Å²) in [6.45, 7) is 4.62. The number of hydrogen-bond acceptors (Lipinski definition) is 3. The minimum Gasteiger partial charge on any atom is -0.368 e. The molecule has 0 aliphatic carbocycles. The monoisotopic (exact) mass is 217 g/mol. The lowest BCUT2D eigenvalue weighted by Crippen LogP contribution is -2.34. The van der Waals surface area contributed by atoms with Crippen molar-refractivity contribution in [3.05, 3.63) is 35.9 Å². The minimum atomic E-state index is 0.0670. The standard InChI is InChI=1S/C12H15N3O/c1-9-3-2-4-10-7-14-12(15(9)10)11-8-13-5-6-16-11/h2-4,7,11,13H,5-6,8H2,1H3. The Hall–Kier alpha value is -1.39. The molecule has 2 aromatic heterocycles. The Bertz CT molecular complexity index is 500. The molecule has 0 bridgehead atoms. The average molecular weight is 217 g/mol. The van der Waals surface area contributed by atoms with Gasteiger partial charge in [0.1, 0.15) is 11.9 Å². The van der Waals surface area contributed by atoms with E-state index in [2.05, 4.69) is 39.8 Å². The number of fused-ring (bicyclic) bond motifs is 1. The first kappa shape index (κ1) is 9.81. The molecule has 3 rings (SSSR count). The summed E-state index contributed by atoms with van der Waals surface area (Å²) in [7, 11) is 0. The highest BCUT2D eigenvalue weighted by atomic mass is 16.5. The minimum absolute atomic E-state index is 0.0670. The molecule has 16 heavy (non-hydrogen) atoms. The number of aromatic nitrogens is 2. The lowest BCUT2D eigenvalue weighted by molar-refractivity contribution is 0.0217. The quantitative estimate of drug-likeness (QED) is 0.782. The summed E-state index contributed by atoms with van der Waals surface area (Å²) in [6, 6.07) is 6.21. The summed E-state index contributed by atoms with van der Waals surface area (Å²) in [6.07, 6.45) is 1.97. The zero-order chi connectivity index (χ0) is 11.0. The van der Waals surface area contributed by atoms with Crippen molar-refractivity contribution in [3.8, 4) is 0 Å². The first-order valence-electron chi connectivity index (χ1n) is 5.61. The summed E-state index contributed by atoms with van der Waals surface area (Å²) in [5.41, 5.74) is 2.32. The second-order valence-corrected chi connectivity index (χ2v) is 4.11. The smallest absolute Gasteiger partial charge is 0.144 e. The van der Waals surface area contributed by atoms with Gasteiger partial charge in [-0.2, -0.15) is 0 Å². The molecule has 0 spiro atoms. The lowest BCUT2D eigenvalue weighted by atomic mass is 10.2. The fourth-order valence-corrected chi connectivity index (χ4v) is 2.20. The summed E-state index contributed by atoms with van der Waals surface area (Å²) >= 11 is 0. The number of imidazole rings is 1. The lowest BCUT2D eigenvalue weighted by Gasteiger charge is -2.23. The van der Waals surface area contributed by atoms with Gasteiger partial charge in [0.15, 0.2) is 0 Å². The van der Waals surface area contributed by atoms with Crippen LogP contribution < -0.4 is 5.32 Å². The molecule has 1 aliphatic heterocycles. The highest BCUT2D eigenvalue weighted by molar-refractivity contribution is 5.47. The van der Waals surface area contributed by atoms with E-state index in [1.54, 1.807) is 0 Å². The van der Waals surface area contributed by atoms with Gasteiger partial charge >= 0.3 is 0 Å². The van der Waals surface area contributed by atoms with Gasteiger partial charge in [0.05, 0.1) is 18.3 Å². The molecular weight excluding hydrogens is 202 g/mol. The van der Waals surface area contributed by atoms with Crippen LogP contribution >= 0.6 is 0 Å². The molecule has 1 saturated heterocycles. The van der Waals surface area contributed by atoms with Crippen LogP contribution in [0.2, 0.25) is 0 Å². The predicted octanol–water partition coefficient (Wildman–Crippen LogP) is 1.30. The maximum atomic E-state index is 5.74. The van der Waals surface area contributed by atoms with E-state index in [0.29, 0.717) is 0 Å². The van der Waals surface area contributed by atoms with Gasteiger partial charge in [0.25, 0.3) is 0 Å². The van der Waals surface area contributed by atoms with E-state index in [9.17, 15) is 0 Å². The van der Waals surface area contributed by atoms with E-state index < -0.39 is 0 Å². The number of nitrogens with zero attached hydrogens (tertiary/aromatic N) is 2. The largest absolute Gasteiger partial charge is 0.368 e. The van der Waals surface area contributed by atoms with Crippen molar-refractivity contribution >= 4 is 5.52 Å².